The molecule has 0 heterocycles. The molecule has 0 aliphatic heterocycles. The van der Waals surface area contributed by atoms with Crippen molar-refractivity contribution in [1.82, 2.24) is 0 Å². The van der Waals surface area contributed by atoms with Crippen LogP contribution in [-0.4, -0.2) is 17.4 Å². The van der Waals surface area contributed by atoms with Crippen LogP contribution in [-0.2, 0) is 5.48 Å². The summed E-state index contributed by atoms with van der Waals surface area (Å²) in [6.07, 6.45) is 0. The van der Waals surface area contributed by atoms with E-state index in [1.807, 2.05) is 0 Å². The van der Waals surface area contributed by atoms with Crippen molar-refractivity contribution in [2.24, 2.45) is 0 Å². The SMILES string of the molecule is [Al+3].[Ce+3].[La+3].[O-2]. The first-order chi connectivity index (χ1) is 0. The van der Waals surface area contributed by atoms with Crippen LogP contribution in [0, 0.1) is 77.3 Å². The maximum atomic E-state index is 0. The van der Waals surface area contributed by atoms with Crippen LogP contribution in [0.3, 0.4) is 0 Å². The van der Waals surface area contributed by atoms with Gasteiger partial charge in [0, 0.05) is 0 Å². The zero-order valence-electron chi connectivity index (χ0n) is 2.06. The van der Waals surface area contributed by atoms with E-state index in [0.29, 0.717) is 0 Å². The molecule has 0 amide bonds. The van der Waals surface area contributed by atoms with E-state index in [9.17, 15) is 0 Å². The van der Waals surface area contributed by atoms with E-state index in [1.54, 1.807) is 0 Å². The molecule has 0 N–H and O–H groups in total. The average molecular weight is 322 g/mol. The van der Waals surface area contributed by atoms with E-state index in [2.05, 4.69) is 0 Å². The fraction of sp³-hybridized carbons (Fsp3) is 0. The van der Waals surface area contributed by atoms with Crippen LogP contribution in [0.15, 0.2) is 0 Å². The molecule has 4 heavy (non-hydrogen) atoms. The third-order valence-corrected chi connectivity index (χ3v) is 0. The first kappa shape index (κ1) is 27.7. The van der Waals surface area contributed by atoms with Gasteiger partial charge < -0.3 is 5.48 Å². The van der Waals surface area contributed by atoms with Gasteiger partial charge in [0.25, 0.3) is 0 Å². The molecule has 0 fully saturated rings. The summed E-state index contributed by atoms with van der Waals surface area (Å²) in [5.74, 6) is 0. The second-order valence-corrected chi connectivity index (χ2v) is 0. The fourth-order valence-electron chi connectivity index (χ4n) is 0. The minimum absolute atomic E-state index is 0. The fourth-order valence-corrected chi connectivity index (χ4v) is 0. The summed E-state index contributed by atoms with van der Waals surface area (Å²) in [5, 5.41) is 0. The van der Waals surface area contributed by atoms with Gasteiger partial charge in [0.2, 0.25) is 0 Å². The van der Waals surface area contributed by atoms with Gasteiger partial charge in [-0.15, -0.1) is 0 Å². The second-order valence-electron chi connectivity index (χ2n) is 0. The standard InChI is InChI=1S/Al.Ce.La.O/q3*+3;-2. The van der Waals surface area contributed by atoms with Gasteiger partial charge in [0.1, 0.15) is 0 Å². The number of hydrogen-bond donors (Lipinski definition) is 0. The van der Waals surface area contributed by atoms with Gasteiger partial charge in [-0.3, -0.25) is 0 Å². The van der Waals surface area contributed by atoms with Crippen molar-refractivity contribution < 1.29 is 82.8 Å². The first-order valence-corrected chi connectivity index (χ1v) is 0. The van der Waals surface area contributed by atoms with E-state index in [4.69, 9.17) is 0 Å². The Labute approximate surface area is 97.7 Å². The Morgan fingerprint density at radius 2 is 1.00 bits per heavy atom. The molecule has 0 saturated carbocycles. The molecule has 0 aromatic carbocycles. The summed E-state index contributed by atoms with van der Waals surface area (Å²) in [6, 6.07) is 0. The molecule has 0 rings (SSSR count). The molecule has 4 heteroatoms. The van der Waals surface area contributed by atoms with Gasteiger partial charge in [-0.05, 0) is 0 Å². The topological polar surface area (TPSA) is 28.5 Å². The molecule has 0 aliphatic carbocycles. The summed E-state index contributed by atoms with van der Waals surface area (Å²) in [7, 11) is 0. The van der Waals surface area contributed by atoms with Crippen molar-refractivity contribution in [2.45, 2.75) is 0 Å². The summed E-state index contributed by atoms with van der Waals surface area (Å²) >= 11 is 0. The van der Waals surface area contributed by atoms with Gasteiger partial charge in [-0.1, -0.05) is 0 Å². The van der Waals surface area contributed by atoms with E-state index >= 15 is 0 Å². The summed E-state index contributed by atoms with van der Waals surface area (Å²) in [5.41, 5.74) is 0. The first-order valence-electron chi connectivity index (χ1n) is 0. The Balaban J connectivity index is 0. The van der Waals surface area contributed by atoms with E-state index < -0.39 is 0 Å². The number of hydrogen-bond acceptors (Lipinski definition) is 0. The van der Waals surface area contributed by atoms with E-state index in [1.165, 1.54) is 0 Å². The number of rotatable bonds is 0. The summed E-state index contributed by atoms with van der Waals surface area (Å²) in [4.78, 5) is 0. The molecule has 0 aliphatic rings. The Morgan fingerprint density at radius 3 is 1.00 bits per heavy atom. The second kappa shape index (κ2) is 16.6. The van der Waals surface area contributed by atoms with Crippen LogP contribution in [0.25, 0.3) is 0 Å². The van der Waals surface area contributed by atoms with Gasteiger partial charge in [0.15, 0.2) is 0 Å². The van der Waals surface area contributed by atoms with Crippen LogP contribution in [0.5, 0.6) is 0 Å². The molecule has 0 saturated heterocycles. The summed E-state index contributed by atoms with van der Waals surface area (Å²) < 4.78 is 0. The summed E-state index contributed by atoms with van der Waals surface area (Å²) in [6.45, 7) is 0. The Bertz CT molecular complexity index is 8.00. The van der Waals surface area contributed by atoms with Crippen LogP contribution in [0.2, 0.25) is 0 Å². The maximum absolute atomic E-state index is 0. The van der Waals surface area contributed by atoms with Crippen molar-refractivity contribution in [2.75, 3.05) is 0 Å². The van der Waals surface area contributed by atoms with Crippen LogP contribution in [0.1, 0.15) is 0 Å². The van der Waals surface area contributed by atoms with Crippen LogP contribution < -0.4 is 0 Å². The molecule has 0 aromatic rings. The maximum Gasteiger partial charge on any atom is 3.00 e. The van der Waals surface area contributed by atoms with Crippen molar-refractivity contribution >= 4 is 17.4 Å². The molecule has 0 atom stereocenters. The minimum Gasteiger partial charge on any atom is -2.00 e. The van der Waals surface area contributed by atoms with Crippen molar-refractivity contribution in [3.63, 3.8) is 0 Å². The van der Waals surface area contributed by atoms with Crippen LogP contribution >= 0.6 is 0 Å². The monoisotopic (exact) mass is 322 g/mol. The van der Waals surface area contributed by atoms with Crippen molar-refractivity contribution in [3.8, 4) is 0 Å². The largest absolute Gasteiger partial charge is 3.00 e. The third kappa shape index (κ3) is 8.91. The smallest absolute Gasteiger partial charge is 2.00 e. The molecule has 0 aromatic heterocycles. The normalized spacial score (nSPS) is 0. The average Bonchev–Trinajstić information content (AvgIpc) is 0. The van der Waals surface area contributed by atoms with Gasteiger partial charge in [-0.2, -0.15) is 0 Å². The Hall–Kier alpha value is 3.06. The zero-order chi connectivity index (χ0) is 0. The van der Waals surface area contributed by atoms with Gasteiger partial charge in [0.05, 0.1) is 0 Å². The zero-order valence-corrected chi connectivity index (χ0v) is 9.98. The Kier molecular flexibility index (Phi) is 115. The third-order valence-electron chi connectivity index (χ3n) is 0. The van der Waals surface area contributed by atoms with Crippen LogP contribution in [0.4, 0.5) is 0 Å². The van der Waals surface area contributed by atoms with E-state index in [-0.39, 0.29) is 100 Å². The molecule has 1 radical (unpaired) electrons. The molecular formula is AlCeLaO+7. The predicted molar refractivity (Wildman–Crippen MR) is 6.44 cm³/mol. The van der Waals surface area contributed by atoms with Crippen molar-refractivity contribution in [1.29, 1.82) is 0 Å². The predicted octanol–water partition coefficient (Wildman–Crippen LogP) is -0.500. The van der Waals surface area contributed by atoms with Gasteiger partial charge in [-0.25, -0.2) is 0 Å². The Morgan fingerprint density at radius 1 is 1.00 bits per heavy atom. The molecule has 0 spiro atoms. The quantitative estimate of drug-likeness (QED) is 0.538. The molecular weight excluding hydrogens is 322 g/mol. The molecule has 0 unspecified atom stereocenters. The van der Waals surface area contributed by atoms with E-state index in [0.717, 1.165) is 0 Å². The minimum atomic E-state index is 0. The van der Waals surface area contributed by atoms with Crippen molar-refractivity contribution in [3.05, 3.63) is 0 Å². The van der Waals surface area contributed by atoms with Gasteiger partial charge >= 0.3 is 94.7 Å². The molecule has 1 nitrogen and oxygen atoms in total. The molecule has 0 bridgehead atoms. The molecule has 9 valence electrons.